The van der Waals surface area contributed by atoms with Crippen molar-refractivity contribution in [3.63, 3.8) is 0 Å². The van der Waals surface area contributed by atoms with Crippen molar-refractivity contribution < 1.29 is 22.7 Å². The van der Waals surface area contributed by atoms with Gasteiger partial charge in [-0.15, -0.1) is 0 Å². The number of aromatic nitrogens is 1. The zero-order valence-corrected chi connectivity index (χ0v) is 12.9. The van der Waals surface area contributed by atoms with Crippen LogP contribution in [0.1, 0.15) is 30.8 Å². The second kappa shape index (κ2) is 5.94. The molecule has 7 nitrogen and oxygen atoms in total. The van der Waals surface area contributed by atoms with Gasteiger partial charge in [0, 0.05) is 26.8 Å². The van der Waals surface area contributed by atoms with Gasteiger partial charge in [-0.25, -0.2) is 18.4 Å². The van der Waals surface area contributed by atoms with E-state index in [4.69, 9.17) is 14.6 Å². The van der Waals surface area contributed by atoms with Crippen LogP contribution in [0.5, 0.6) is 0 Å². The fraction of sp³-hybridized carbons (Fsp3) is 0.583. The second-order valence-corrected chi connectivity index (χ2v) is 6.63. The molecule has 0 fully saturated rings. The monoisotopic (exact) mass is 304 g/mol. The molecule has 20 heavy (non-hydrogen) atoms. The van der Waals surface area contributed by atoms with Crippen LogP contribution in [0, 0.1) is 0 Å². The maximum atomic E-state index is 11.9. The zero-order valence-electron chi connectivity index (χ0n) is 12.0. The maximum absolute atomic E-state index is 11.9. The van der Waals surface area contributed by atoms with Gasteiger partial charge in [0.15, 0.2) is 0 Å². The number of nitrogens with zero attached hydrogens (tertiary/aromatic N) is 1. The molecule has 0 saturated heterocycles. The van der Waals surface area contributed by atoms with Crippen LogP contribution < -0.4 is 5.14 Å². The van der Waals surface area contributed by atoms with E-state index in [0.717, 1.165) is 0 Å². The van der Waals surface area contributed by atoms with Crippen LogP contribution in [-0.4, -0.2) is 38.3 Å². The smallest absolute Gasteiger partial charge is 0.354 e. The number of carbonyl (C=O) groups is 1. The van der Waals surface area contributed by atoms with Crippen LogP contribution in [0.4, 0.5) is 0 Å². The van der Waals surface area contributed by atoms with Crippen molar-refractivity contribution in [2.24, 2.45) is 12.2 Å². The second-order valence-electron chi connectivity index (χ2n) is 5.07. The average Bonchev–Trinajstić information content (AvgIpc) is 2.71. The first-order valence-electron chi connectivity index (χ1n) is 5.98. The van der Waals surface area contributed by atoms with Crippen molar-refractivity contribution in [2.45, 2.75) is 30.8 Å². The quantitative estimate of drug-likeness (QED) is 0.777. The summed E-state index contributed by atoms with van der Waals surface area (Å²) in [6.07, 6.45) is 1.80. The number of aryl methyl sites for hydroxylation is 1. The normalized spacial score (nSPS) is 12.4. The number of sulfonamides is 1. The summed E-state index contributed by atoms with van der Waals surface area (Å²) in [6.45, 7) is 3.93. The number of primary sulfonamides is 1. The summed E-state index contributed by atoms with van der Waals surface area (Å²) >= 11 is 0. The molecule has 0 radical (unpaired) electrons. The highest BCUT2D eigenvalue weighted by atomic mass is 32.2. The Balaban J connectivity index is 2.72. The molecule has 0 atom stereocenters. The molecular weight excluding hydrogens is 284 g/mol. The fourth-order valence-electron chi connectivity index (χ4n) is 1.46. The number of esters is 1. The molecule has 0 saturated carbocycles. The number of methoxy groups -OCH3 is 1. The van der Waals surface area contributed by atoms with Gasteiger partial charge in [-0.1, -0.05) is 0 Å². The molecule has 2 N–H and O–H groups in total. The molecule has 1 rings (SSSR count). The van der Waals surface area contributed by atoms with Gasteiger partial charge < -0.3 is 14.0 Å². The minimum Gasteiger partial charge on any atom is -0.461 e. The van der Waals surface area contributed by atoms with Gasteiger partial charge in [-0.3, -0.25) is 0 Å². The highest BCUT2D eigenvalue weighted by Gasteiger charge is 2.20. The van der Waals surface area contributed by atoms with E-state index in [2.05, 4.69) is 0 Å². The zero-order chi connectivity index (χ0) is 15.6. The van der Waals surface area contributed by atoms with E-state index in [1.54, 1.807) is 14.2 Å². The van der Waals surface area contributed by atoms with Gasteiger partial charge >= 0.3 is 5.97 Å². The van der Waals surface area contributed by atoms with Crippen LogP contribution in [0.2, 0.25) is 0 Å². The lowest BCUT2D eigenvalue weighted by molar-refractivity contribution is -0.00590. The Morgan fingerprint density at radius 2 is 2.05 bits per heavy atom. The summed E-state index contributed by atoms with van der Waals surface area (Å²) in [5.41, 5.74) is -0.260. The molecule has 0 amide bonds. The van der Waals surface area contributed by atoms with Crippen molar-refractivity contribution in [1.82, 2.24) is 4.57 Å². The Morgan fingerprint density at radius 3 is 2.50 bits per heavy atom. The van der Waals surface area contributed by atoms with Gasteiger partial charge in [0.05, 0.1) is 12.2 Å². The predicted molar refractivity (Wildman–Crippen MR) is 72.8 cm³/mol. The van der Waals surface area contributed by atoms with Gasteiger partial charge in [-0.05, 0) is 19.9 Å². The van der Waals surface area contributed by atoms with Crippen LogP contribution in [-0.2, 0) is 26.5 Å². The van der Waals surface area contributed by atoms with Crippen molar-refractivity contribution in [1.29, 1.82) is 0 Å². The largest absolute Gasteiger partial charge is 0.461 e. The van der Waals surface area contributed by atoms with E-state index >= 15 is 0 Å². The minimum absolute atomic E-state index is 0.121. The Hall–Kier alpha value is -1.38. The number of carbonyl (C=O) groups excluding carboxylic acids is 1. The lowest BCUT2D eigenvalue weighted by Gasteiger charge is -2.22. The van der Waals surface area contributed by atoms with E-state index in [9.17, 15) is 13.2 Å². The van der Waals surface area contributed by atoms with Crippen LogP contribution in [0.15, 0.2) is 17.2 Å². The van der Waals surface area contributed by atoms with E-state index < -0.39 is 16.0 Å². The number of ether oxygens (including phenoxy) is 2. The van der Waals surface area contributed by atoms with Crippen LogP contribution in [0.25, 0.3) is 0 Å². The van der Waals surface area contributed by atoms with E-state index in [0.29, 0.717) is 6.42 Å². The van der Waals surface area contributed by atoms with Gasteiger partial charge in [0.1, 0.15) is 10.6 Å². The summed E-state index contributed by atoms with van der Waals surface area (Å²) in [5.74, 6) is -0.602. The first kappa shape index (κ1) is 16.7. The molecule has 0 aliphatic rings. The third-order valence-corrected chi connectivity index (χ3v) is 3.89. The molecule has 0 unspecified atom stereocenters. The van der Waals surface area contributed by atoms with Gasteiger partial charge in [-0.2, -0.15) is 0 Å². The summed E-state index contributed by atoms with van der Waals surface area (Å²) in [5, 5.41) is 5.00. The molecule has 1 heterocycles. The molecule has 0 bridgehead atoms. The highest BCUT2D eigenvalue weighted by molar-refractivity contribution is 7.89. The van der Waals surface area contributed by atoms with Crippen molar-refractivity contribution >= 4 is 16.0 Å². The molecule has 0 spiro atoms. The van der Waals surface area contributed by atoms with Crippen LogP contribution >= 0.6 is 0 Å². The third-order valence-electron chi connectivity index (χ3n) is 3.01. The third kappa shape index (κ3) is 4.32. The van der Waals surface area contributed by atoms with Crippen molar-refractivity contribution in [3.05, 3.63) is 18.0 Å². The Labute approximate surface area is 118 Å². The minimum atomic E-state index is -3.83. The topological polar surface area (TPSA) is 101 Å². The van der Waals surface area contributed by atoms with Crippen molar-refractivity contribution in [2.75, 3.05) is 13.7 Å². The molecule has 1 aromatic heterocycles. The summed E-state index contributed by atoms with van der Waals surface area (Å²) < 4.78 is 34.1. The molecule has 8 heteroatoms. The molecule has 1 aromatic rings. The molecule has 114 valence electrons. The molecule has 0 aliphatic carbocycles. The fourth-order valence-corrected chi connectivity index (χ4v) is 2.04. The lowest BCUT2D eigenvalue weighted by Crippen LogP contribution is -2.25. The average molecular weight is 304 g/mol. The SMILES string of the molecule is COC(C)(C)CCOC(=O)c1cc(S(N)(=O)=O)cn1C. The standard InChI is InChI=1S/C12H20N2O5S/c1-12(2,18-4)5-6-19-11(15)10-7-9(8-14(10)3)20(13,16)17/h7-8H,5-6H2,1-4H3,(H2,13,16,17). The predicted octanol–water partition coefficient (Wildman–Crippen LogP) is 0.644. The number of hydrogen-bond acceptors (Lipinski definition) is 5. The summed E-state index contributed by atoms with van der Waals surface area (Å²) in [6, 6.07) is 1.19. The summed E-state index contributed by atoms with van der Waals surface area (Å²) in [4.78, 5) is 11.7. The van der Waals surface area contributed by atoms with Gasteiger partial charge in [0.2, 0.25) is 10.0 Å². The molecule has 0 aromatic carbocycles. The first-order chi connectivity index (χ1) is 9.07. The van der Waals surface area contributed by atoms with E-state index in [-0.39, 0.29) is 22.8 Å². The van der Waals surface area contributed by atoms with Gasteiger partial charge in [0.25, 0.3) is 0 Å². The summed E-state index contributed by atoms with van der Waals surface area (Å²) in [7, 11) is -0.708. The number of nitrogens with two attached hydrogens (primary N) is 1. The Kier molecular flexibility index (Phi) is 4.95. The van der Waals surface area contributed by atoms with E-state index in [1.165, 1.54) is 16.8 Å². The Morgan fingerprint density at radius 1 is 1.45 bits per heavy atom. The highest BCUT2D eigenvalue weighted by Crippen LogP contribution is 2.15. The lowest BCUT2D eigenvalue weighted by atomic mass is 10.1. The first-order valence-corrected chi connectivity index (χ1v) is 7.53. The van der Waals surface area contributed by atoms with E-state index in [1.807, 2.05) is 13.8 Å². The number of rotatable bonds is 6. The van der Waals surface area contributed by atoms with Crippen molar-refractivity contribution in [3.8, 4) is 0 Å². The van der Waals surface area contributed by atoms with Crippen LogP contribution in [0.3, 0.4) is 0 Å². The maximum Gasteiger partial charge on any atom is 0.354 e. The Bertz CT molecular complexity index is 589. The molecular formula is C12H20N2O5S. The number of hydrogen-bond donors (Lipinski definition) is 1. The molecule has 0 aliphatic heterocycles.